The highest BCUT2D eigenvalue weighted by Crippen LogP contribution is 2.44. The Bertz CT molecular complexity index is 2440. The van der Waals surface area contributed by atoms with Gasteiger partial charge in [-0.3, -0.25) is 9.98 Å². The summed E-state index contributed by atoms with van der Waals surface area (Å²) in [5, 5.41) is 2.22. The zero-order valence-electron chi connectivity index (χ0n) is 35.6. The molecule has 7 rings (SSSR count). The quantitative estimate of drug-likeness (QED) is 0.0540. The van der Waals surface area contributed by atoms with Crippen LogP contribution < -0.4 is 0 Å². The maximum absolute atomic E-state index is 5.20. The molecule has 1 aromatic heterocycles. The first-order valence-electron chi connectivity index (χ1n) is 20.6. The van der Waals surface area contributed by atoms with Gasteiger partial charge in [-0.1, -0.05) is 174 Å². The van der Waals surface area contributed by atoms with Gasteiger partial charge in [0, 0.05) is 75.9 Å². The summed E-state index contributed by atoms with van der Waals surface area (Å²) in [6.45, 7) is 26.1. The third kappa shape index (κ3) is 9.27. The van der Waals surface area contributed by atoms with Crippen LogP contribution in [0.2, 0.25) is 0 Å². The van der Waals surface area contributed by atoms with Crippen molar-refractivity contribution in [3.8, 4) is 0 Å². The van der Waals surface area contributed by atoms with Gasteiger partial charge < -0.3 is 9.47 Å². The normalized spacial score (nSPS) is 14.9. The highest BCUT2D eigenvalue weighted by Gasteiger charge is 2.28. The van der Waals surface area contributed by atoms with E-state index in [-0.39, 0.29) is 0 Å². The van der Waals surface area contributed by atoms with Gasteiger partial charge in [-0.15, -0.1) is 6.58 Å². The molecule has 0 saturated carbocycles. The number of fused-ring (bicyclic) bond motifs is 3. The summed E-state index contributed by atoms with van der Waals surface area (Å²) in [4.78, 5) is 17.5. The fraction of sp³-hybridized carbons (Fsp3) is 0.226. The fourth-order valence-electron chi connectivity index (χ4n) is 7.27. The highest BCUT2D eigenvalue weighted by atomic mass is 15.2. The molecule has 0 spiro atoms. The smallest absolute Gasteiger partial charge is 0.141 e. The largest absolute Gasteiger partial charge is 0.328 e. The topological polar surface area (TPSA) is 45.2 Å². The van der Waals surface area contributed by atoms with Gasteiger partial charge in [-0.2, -0.15) is 0 Å². The Balaban J connectivity index is 0.000000851. The second-order valence-corrected chi connectivity index (χ2v) is 13.9. The number of amidine groups is 1. The first-order valence-corrected chi connectivity index (χ1v) is 20.6. The van der Waals surface area contributed by atoms with Gasteiger partial charge in [-0.25, -0.2) is 4.99 Å². The van der Waals surface area contributed by atoms with Crippen molar-refractivity contribution in [2.75, 3.05) is 13.1 Å². The van der Waals surface area contributed by atoms with E-state index in [1.54, 1.807) is 0 Å². The van der Waals surface area contributed by atoms with E-state index in [4.69, 9.17) is 15.0 Å². The zero-order valence-corrected chi connectivity index (χ0v) is 35.6. The number of allylic oxidation sites excluding steroid dienone is 5. The Labute approximate surface area is 347 Å². The Morgan fingerprint density at radius 2 is 1.40 bits per heavy atom. The van der Waals surface area contributed by atoms with Crippen LogP contribution in [0.25, 0.3) is 27.7 Å². The minimum absolute atomic E-state index is 0.708. The van der Waals surface area contributed by atoms with E-state index in [9.17, 15) is 0 Å². The van der Waals surface area contributed by atoms with Crippen molar-refractivity contribution in [1.29, 1.82) is 0 Å². The Morgan fingerprint density at radius 3 is 2.05 bits per heavy atom. The predicted octanol–water partition coefficient (Wildman–Crippen LogP) is 13.8. The zero-order chi connectivity index (χ0) is 41.6. The van der Waals surface area contributed by atoms with Crippen molar-refractivity contribution in [3.63, 3.8) is 0 Å². The van der Waals surface area contributed by atoms with Crippen molar-refractivity contribution < 1.29 is 0 Å². The van der Waals surface area contributed by atoms with Gasteiger partial charge in [0.25, 0.3) is 0 Å². The van der Waals surface area contributed by atoms with Crippen LogP contribution in [-0.4, -0.2) is 39.8 Å². The third-order valence-electron chi connectivity index (χ3n) is 10.2. The number of nitrogens with zero attached hydrogens (tertiary/aromatic N) is 5. The van der Waals surface area contributed by atoms with Gasteiger partial charge in [-0.05, 0) is 44.7 Å². The van der Waals surface area contributed by atoms with Crippen molar-refractivity contribution in [2.45, 2.75) is 60.8 Å². The molecular weight excluding hydrogens is 707 g/mol. The number of aromatic nitrogens is 1. The average molecular weight is 766 g/mol. The van der Waals surface area contributed by atoms with Gasteiger partial charge >= 0.3 is 0 Å². The lowest BCUT2D eigenvalue weighted by molar-refractivity contribution is 0.627. The number of unbranched alkanes of at least 4 members (excludes halogenated alkanes) is 1. The second-order valence-electron chi connectivity index (χ2n) is 13.9. The maximum Gasteiger partial charge on any atom is 0.141 e. The van der Waals surface area contributed by atoms with Crippen LogP contribution in [-0.2, 0) is 7.05 Å². The average Bonchev–Trinajstić information content (AvgIpc) is 3.84. The van der Waals surface area contributed by atoms with E-state index in [2.05, 4.69) is 172 Å². The molecule has 0 amide bonds. The second kappa shape index (κ2) is 20.7. The van der Waals surface area contributed by atoms with Crippen LogP contribution in [0.5, 0.6) is 0 Å². The Morgan fingerprint density at radius 1 is 0.776 bits per heavy atom. The number of rotatable bonds is 12. The minimum Gasteiger partial charge on any atom is -0.328 e. The first-order chi connectivity index (χ1) is 28.3. The molecule has 58 heavy (non-hydrogen) atoms. The van der Waals surface area contributed by atoms with Crippen molar-refractivity contribution in [1.82, 2.24) is 9.47 Å². The third-order valence-corrected chi connectivity index (χ3v) is 10.2. The highest BCUT2D eigenvalue weighted by molar-refractivity contribution is 6.18. The summed E-state index contributed by atoms with van der Waals surface area (Å²) >= 11 is 0. The van der Waals surface area contributed by atoms with E-state index >= 15 is 0 Å². The molecule has 4 aromatic carbocycles. The maximum atomic E-state index is 5.20. The SMILES string of the molecule is C=C(/C=C\C=C/CCN=C1c2ccccc2C(=C)N1CC)/C(C)=N/c1c2ccccc2c(/C(=C2\N=C(C)c3ccccc32)c2ccccc2)n1C.C=CCCC.CC. The first kappa shape index (κ1) is 42.8. The summed E-state index contributed by atoms with van der Waals surface area (Å²) in [5.41, 5.74) is 12.7. The molecule has 296 valence electrons. The summed E-state index contributed by atoms with van der Waals surface area (Å²) in [6.07, 6.45) is 13.4. The summed E-state index contributed by atoms with van der Waals surface area (Å²) in [7, 11) is 2.10. The molecule has 3 heterocycles. The van der Waals surface area contributed by atoms with Crippen LogP contribution >= 0.6 is 0 Å². The molecule has 0 saturated heterocycles. The van der Waals surface area contributed by atoms with Gasteiger partial charge in [0.05, 0.1) is 11.4 Å². The van der Waals surface area contributed by atoms with Crippen LogP contribution in [0, 0.1) is 0 Å². The Hall–Kier alpha value is -6.33. The summed E-state index contributed by atoms with van der Waals surface area (Å²) in [5.74, 6) is 1.90. The van der Waals surface area contributed by atoms with Crippen LogP contribution in [0.15, 0.2) is 174 Å². The molecule has 5 nitrogen and oxygen atoms in total. The number of benzene rings is 4. The van der Waals surface area contributed by atoms with Crippen LogP contribution in [0.3, 0.4) is 0 Å². The monoisotopic (exact) mass is 765 g/mol. The van der Waals surface area contributed by atoms with E-state index in [1.807, 2.05) is 39.0 Å². The Kier molecular flexibility index (Phi) is 15.3. The number of hydrogen-bond acceptors (Lipinski definition) is 3. The van der Waals surface area contributed by atoms with Crippen molar-refractivity contribution in [3.05, 3.63) is 192 Å². The molecule has 0 radical (unpaired) electrons. The molecule has 0 N–H and O–H groups in total. The molecule has 2 aliphatic heterocycles. The van der Waals surface area contributed by atoms with Crippen molar-refractivity contribution in [2.24, 2.45) is 22.0 Å². The molecule has 0 atom stereocenters. The lowest BCUT2D eigenvalue weighted by Gasteiger charge is -2.17. The van der Waals surface area contributed by atoms with E-state index in [0.717, 1.165) is 98.2 Å². The number of aliphatic imine (C=N–C) groups is 3. The van der Waals surface area contributed by atoms with Gasteiger partial charge in [0.2, 0.25) is 0 Å². The summed E-state index contributed by atoms with van der Waals surface area (Å²) < 4.78 is 2.21. The van der Waals surface area contributed by atoms with Gasteiger partial charge in [0.1, 0.15) is 11.7 Å². The molecule has 0 bridgehead atoms. The summed E-state index contributed by atoms with van der Waals surface area (Å²) in [6, 6.07) is 36.0. The molecule has 0 aliphatic carbocycles. The van der Waals surface area contributed by atoms with Crippen LogP contribution in [0.1, 0.15) is 94.3 Å². The van der Waals surface area contributed by atoms with E-state index in [1.165, 1.54) is 17.5 Å². The van der Waals surface area contributed by atoms with E-state index < -0.39 is 0 Å². The molecular formula is C53H59N5. The van der Waals surface area contributed by atoms with Crippen molar-refractivity contribution >= 4 is 50.8 Å². The standard InChI is InChI=1S/C46H43N5.C5H10.C2H6/c1-7-51-34(5)37-25-15-18-28-40(37)45(51)47-30-20-9-8-11-21-31(2)32(3)49-46-41-29-19-17-27-39(41)44(50(46)6)42(35-22-12-10-13-23-35)43-38-26-16-14-24-36(38)33(4)48-43;1-3-5-4-2;1-2/h8-19,21-29H,2,5,7,20,30H2,1,3-4,6H3;3H,1,4-5H2,2H3;1-2H3/b9-8-,21-11-,43-42-,47-45?,49-32+;;. The molecule has 5 heteroatoms. The molecule has 2 aliphatic rings. The predicted molar refractivity (Wildman–Crippen MR) is 254 cm³/mol. The lowest BCUT2D eigenvalue weighted by Crippen LogP contribution is -2.23. The molecule has 0 unspecified atom stereocenters. The van der Waals surface area contributed by atoms with E-state index in [0.29, 0.717) is 6.54 Å². The minimum atomic E-state index is 0.708. The van der Waals surface area contributed by atoms with Crippen LogP contribution in [0.4, 0.5) is 5.82 Å². The molecule has 0 fully saturated rings. The van der Waals surface area contributed by atoms with Gasteiger partial charge in [0.15, 0.2) is 0 Å². The fourth-order valence-corrected chi connectivity index (χ4v) is 7.27. The lowest BCUT2D eigenvalue weighted by atomic mass is 9.94. The number of hydrogen-bond donors (Lipinski definition) is 0. The molecule has 5 aromatic rings.